The molecule has 0 aliphatic heterocycles. The Morgan fingerprint density at radius 1 is 0.244 bits per heavy atom. The molecule has 0 saturated carbocycles. The topological polar surface area (TPSA) is 88.5 Å². The maximum Gasteiger partial charge on any atom is 0.162 e. The Kier molecular flexibility index (Phi) is 41.9. The number of unbranched alkanes of at least 4 members (excludes halogenated alkanes) is 36. The van der Waals surface area contributed by atoms with Crippen molar-refractivity contribution in [1.29, 1.82) is 0 Å². The highest BCUT2D eigenvalue weighted by Gasteiger charge is 2.14. The monoisotopic (exact) mass is 1220 g/mol. The fourth-order valence-corrected chi connectivity index (χ4v) is 10.9. The molecule has 5 aromatic rings. The summed E-state index contributed by atoms with van der Waals surface area (Å²) in [5.74, 6) is 29.4. The first-order valence-electron chi connectivity index (χ1n) is 36.2. The SMILES string of the molecule is CCCCCCCCCCCCOc1cc(C#Cc2ccccn2)c(C#Cc2cnc(C#Cc3cc(OCCCCCCCCCCCC)c(OCCCCCCCCCCCC)cc3C#Cc3ccccn3)cn2)cc1OCCCCCCCCCCCC. The molecule has 0 saturated heterocycles. The van der Waals surface area contributed by atoms with Crippen molar-refractivity contribution in [3.63, 3.8) is 0 Å². The average Bonchev–Trinajstić information content (AvgIpc) is 3.60. The maximum absolute atomic E-state index is 6.59. The van der Waals surface area contributed by atoms with E-state index in [2.05, 4.69) is 85.0 Å². The van der Waals surface area contributed by atoms with E-state index >= 15 is 0 Å². The van der Waals surface area contributed by atoms with Crippen molar-refractivity contribution in [2.45, 2.75) is 285 Å². The first kappa shape index (κ1) is 74.0. The lowest BCUT2D eigenvalue weighted by atomic mass is 10.1. The molecular weight excluding hydrogens is 1100 g/mol. The molecule has 2 aromatic carbocycles. The summed E-state index contributed by atoms with van der Waals surface area (Å²) in [6, 6.07) is 19.5. The van der Waals surface area contributed by atoms with Gasteiger partial charge in [-0.25, -0.2) is 19.9 Å². The largest absolute Gasteiger partial charge is 0.490 e. The molecule has 90 heavy (non-hydrogen) atoms. The molecule has 486 valence electrons. The molecule has 8 nitrogen and oxygen atoms in total. The average molecular weight is 1220 g/mol. The number of hydrogen-bond donors (Lipinski definition) is 0. The van der Waals surface area contributed by atoms with E-state index in [0.717, 1.165) is 73.6 Å². The van der Waals surface area contributed by atoms with Gasteiger partial charge in [-0.15, -0.1) is 0 Å². The molecule has 8 heteroatoms. The summed E-state index contributed by atoms with van der Waals surface area (Å²) in [4.78, 5) is 18.5. The van der Waals surface area contributed by atoms with Gasteiger partial charge >= 0.3 is 0 Å². The summed E-state index contributed by atoms with van der Waals surface area (Å²) in [5, 5.41) is 0. The molecule has 0 atom stereocenters. The number of aromatic nitrogens is 4. The van der Waals surface area contributed by atoms with Gasteiger partial charge in [0.25, 0.3) is 0 Å². The van der Waals surface area contributed by atoms with Crippen LogP contribution < -0.4 is 18.9 Å². The quantitative estimate of drug-likeness (QED) is 0.0281. The van der Waals surface area contributed by atoms with Gasteiger partial charge in [-0.1, -0.05) is 295 Å². The van der Waals surface area contributed by atoms with E-state index in [1.54, 1.807) is 24.8 Å². The Morgan fingerprint density at radius 2 is 0.467 bits per heavy atom. The third kappa shape index (κ3) is 34.5. The highest BCUT2D eigenvalue weighted by molar-refractivity contribution is 5.62. The van der Waals surface area contributed by atoms with Gasteiger partial charge < -0.3 is 18.9 Å². The molecule has 0 bridgehead atoms. The van der Waals surface area contributed by atoms with Crippen LogP contribution in [0.2, 0.25) is 0 Å². The Hall–Kier alpha value is -6.74. The number of nitrogens with zero attached hydrogens (tertiary/aromatic N) is 4. The zero-order chi connectivity index (χ0) is 63.3. The van der Waals surface area contributed by atoms with Gasteiger partial charge in [-0.3, -0.25) is 0 Å². The second kappa shape index (κ2) is 50.9. The number of hydrogen-bond acceptors (Lipinski definition) is 8. The zero-order valence-corrected chi connectivity index (χ0v) is 56.6. The van der Waals surface area contributed by atoms with Crippen molar-refractivity contribution in [2.75, 3.05) is 26.4 Å². The Labute approximate surface area is 547 Å². The molecular formula is C82H114N4O4. The summed E-state index contributed by atoms with van der Waals surface area (Å²) in [5.41, 5.74) is 5.27. The van der Waals surface area contributed by atoms with Gasteiger partial charge in [0.2, 0.25) is 0 Å². The second-order valence-electron chi connectivity index (χ2n) is 24.5. The lowest BCUT2D eigenvalue weighted by Gasteiger charge is -2.15. The molecule has 0 spiro atoms. The molecule has 5 rings (SSSR count). The number of ether oxygens (including phenoxy) is 4. The van der Waals surface area contributed by atoms with Gasteiger partial charge in [0.05, 0.1) is 38.8 Å². The van der Waals surface area contributed by atoms with Gasteiger partial charge in [0.1, 0.15) is 22.8 Å². The molecule has 0 N–H and O–H groups in total. The molecule has 0 aliphatic carbocycles. The molecule has 0 amide bonds. The van der Waals surface area contributed by atoms with Crippen molar-refractivity contribution in [3.05, 3.63) is 130 Å². The van der Waals surface area contributed by atoms with Gasteiger partial charge in [-0.05, 0) is 73.6 Å². The molecule has 0 radical (unpaired) electrons. The summed E-state index contributed by atoms with van der Waals surface area (Å²) in [6.07, 6.45) is 57.5. The van der Waals surface area contributed by atoms with Crippen molar-refractivity contribution < 1.29 is 18.9 Å². The smallest absolute Gasteiger partial charge is 0.162 e. The fraction of sp³-hybridized carbons (Fsp3) is 0.585. The van der Waals surface area contributed by atoms with Crippen LogP contribution in [-0.4, -0.2) is 46.4 Å². The summed E-state index contributed by atoms with van der Waals surface area (Å²) in [7, 11) is 0. The minimum atomic E-state index is 0.506. The summed E-state index contributed by atoms with van der Waals surface area (Å²) < 4.78 is 26.3. The predicted molar refractivity (Wildman–Crippen MR) is 377 cm³/mol. The minimum absolute atomic E-state index is 0.506. The highest BCUT2D eigenvalue weighted by atomic mass is 16.5. The molecule has 0 unspecified atom stereocenters. The fourth-order valence-electron chi connectivity index (χ4n) is 10.9. The van der Waals surface area contributed by atoms with Gasteiger partial charge in [0, 0.05) is 58.9 Å². The third-order valence-corrected chi connectivity index (χ3v) is 16.5. The van der Waals surface area contributed by atoms with Crippen molar-refractivity contribution in [3.8, 4) is 70.4 Å². The normalized spacial score (nSPS) is 10.7. The lowest BCUT2D eigenvalue weighted by molar-refractivity contribution is 0.258. The van der Waals surface area contributed by atoms with Crippen LogP contribution in [0.15, 0.2) is 85.5 Å². The van der Waals surface area contributed by atoms with Crippen LogP contribution in [-0.2, 0) is 0 Å². The van der Waals surface area contributed by atoms with Crippen LogP contribution in [0.4, 0.5) is 0 Å². The second-order valence-corrected chi connectivity index (χ2v) is 24.5. The molecule has 0 fully saturated rings. The third-order valence-electron chi connectivity index (χ3n) is 16.5. The lowest BCUT2D eigenvalue weighted by Crippen LogP contribution is -2.04. The first-order chi connectivity index (χ1) is 44.6. The number of rotatable bonds is 48. The van der Waals surface area contributed by atoms with Crippen LogP contribution >= 0.6 is 0 Å². The zero-order valence-electron chi connectivity index (χ0n) is 56.6. The van der Waals surface area contributed by atoms with Gasteiger partial charge in [-0.2, -0.15) is 0 Å². The Bertz CT molecular complexity index is 2700. The summed E-state index contributed by atoms with van der Waals surface area (Å²) in [6.45, 7) is 11.6. The van der Waals surface area contributed by atoms with Crippen molar-refractivity contribution in [2.24, 2.45) is 0 Å². The number of pyridine rings is 2. The highest BCUT2D eigenvalue weighted by Crippen LogP contribution is 2.34. The molecule has 0 aliphatic rings. The van der Waals surface area contributed by atoms with Gasteiger partial charge in [0.15, 0.2) is 23.0 Å². The Balaban J connectivity index is 1.36. The van der Waals surface area contributed by atoms with E-state index in [9.17, 15) is 0 Å². The maximum atomic E-state index is 6.59. The van der Waals surface area contributed by atoms with E-state index in [1.807, 2.05) is 60.7 Å². The standard InChI is InChI=1S/C82H114N4O4/c1-5-9-13-17-21-25-29-33-37-45-61-87-79-65-71(51-55-75-49-41-43-59-83-75)73(67-81(79)89-63-47-39-35-31-27-23-19-15-11-7-3)53-57-77-69-86-78(70-85-77)58-54-74-68-82(90-64-48-40-36-32-28-24-20-16-12-8-4)80(66-72(74)52-56-76-50-42-44-60-84-76)88-62-46-38-34-30-26-22-18-14-10-6-2/h41-44,49-50,59-60,65-70H,5-40,45-48,61-64H2,1-4H3. The summed E-state index contributed by atoms with van der Waals surface area (Å²) >= 11 is 0. The van der Waals surface area contributed by atoms with Crippen LogP contribution in [0, 0.1) is 47.4 Å². The minimum Gasteiger partial charge on any atom is -0.490 e. The van der Waals surface area contributed by atoms with Crippen LogP contribution in [0.5, 0.6) is 23.0 Å². The van der Waals surface area contributed by atoms with E-state index in [-0.39, 0.29) is 0 Å². The van der Waals surface area contributed by atoms with Crippen LogP contribution in [0.3, 0.4) is 0 Å². The molecule has 3 aromatic heterocycles. The number of benzene rings is 2. The van der Waals surface area contributed by atoms with Crippen molar-refractivity contribution >= 4 is 0 Å². The first-order valence-corrected chi connectivity index (χ1v) is 36.2. The van der Waals surface area contributed by atoms with E-state index in [1.165, 1.54) is 205 Å². The predicted octanol–water partition coefficient (Wildman–Crippen LogP) is 22.1. The Morgan fingerprint density at radius 3 is 0.678 bits per heavy atom. The van der Waals surface area contributed by atoms with E-state index in [0.29, 0.717) is 72.2 Å². The molecule has 3 heterocycles. The van der Waals surface area contributed by atoms with E-state index in [4.69, 9.17) is 28.9 Å². The van der Waals surface area contributed by atoms with Crippen LogP contribution in [0.25, 0.3) is 0 Å². The van der Waals surface area contributed by atoms with Crippen molar-refractivity contribution in [1.82, 2.24) is 19.9 Å². The van der Waals surface area contributed by atoms with Crippen LogP contribution in [0.1, 0.15) is 330 Å². The van der Waals surface area contributed by atoms with E-state index < -0.39 is 0 Å².